The molecule has 1 N–H and O–H groups in total. The topological polar surface area (TPSA) is 38.7 Å². The molecule has 1 atom stereocenters. The first-order valence-electron chi connectivity index (χ1n) is 2.60. The molecule has 0 spiro atoms. The molecule has 50 valence electrons. The van der Waals surface area contributed by atoms with Crippen LogP contribution in [0.2, 0.25) is 0 Å². The van der Waals surface area contributed by atoms with Crippen molar-refractivity contribution in [3.63, 3.8) is 0 Å². The summed E-state index contributed by atoms with van der Waals surface area (Å²) in [6.07, 6.45) is 0.898. The zero-order chi connectivity index (χ0) is 6.41. The Hall–Kier alpha value is -0.120. The van der Waals surface area contributed by atoms with Gasteiger partial charge in [0.05, 0.1) is 12.7 Å². The molecular weight excluding hydrogens is 108 g/mol. The fourth-order valence-electron chi connectivity index (χ4n) is 0.337. The summed E-state index contributed by atoms with van der Waals surface area (Å²) in [6.45, 7) is 2.26. The van der Waals surface area contributed by atoms with E-state index in [-0.39, 0.29) is 6.10 Å². The van der Waals surface area contributed by atoms with Crippen molar-refractivity contribution in [3.8, 4) is 0 Å². The summed E-state index contributed by atoms with van der Waals surface area (Å²) in [4.78, 5) is 3.83. The number of hydrogen-bond donors (Lipinski definition) is 1. The Bertz CT molecular complexity index is 46.9. The van der Waals surface area contributed by atoms with Crippen molar-refractivity contribution in [1.29, 1.82) is 0 Å². The molecule has 0 aliphatic carbocycles. The van der Waals surface area contributed by atoms with Crippen molar-refractivity contribution in [1.82, 2.24) is 0 Å². The third-order valence-corrected chi connectivity index (χ3v) is 1.02. The van der Waals surface area contributed by atoms with Crippen molar-refractivity contribution < 1.29 is 14.9 Å². The minimum Gasteiger partial charge on any atom is -0.382 e. The molecule has 0 radical (unpaired) electrons. The van der Waals surface area contributed by atoms with Gasteiger partial charge >= 0.3 is 0 Å². The van der Waals surface area contributed by atoms with Crippen LogP contribution in [0.1, 0.15) is 13.3 Å². The minimum absolute atomic E-state index is 0.169. The Balaban J connectivity index is 2.86. The molecule has 3 nitrogen and oxygen atoms in total. The van der Waals surface area contributed by atoms with E-state index in [2.05, 4.69) is 4.89 Å². The highest BCUT2D eigenvalue weighted by atomic mass is 17.1. The van der Waals surface area contributed by atoms with Crippen molar-refractivity contribution in [3.05, 3.63) is 0 Å². The van der Waals surface area contributed by atoms with Gasteiger partial charge in [0, 0.05) is 7.11 Å². The molecule has 0 aromatic heterocycles. The maximum absolute atomic E-state index is 7.86. The monoisotopic (exact) mass is 120 g/mol. The van der Waals surface area contributed by atoms with E-state index in [1.807, 2.05) is 6.92 Å². The molecule has 8 heavy (non-hydrogen) atoms. The second-order valence-corrected chi connectivity index (χ2v) is 1.67. The Kier molecular flexibility index (Phi) is 4.95. The lowest BCUT2D eigenvalue weighted by molar-refractivity contribution is -0.245. The van der Waals surface area contributed by atoms with Crippen LogP contribution >= 0.6 is 0 Å². The molecule has 0 aliphatic heterocycles. The van der Waals surface area contributed by atoms with Crippen molar-refractivity contribution in [2.45, 2.75) is 19.4 Å². The van der Waals surface area contributed by atoms with Gasteiger partial charge in [0.1, 0.15) is 0 Å². The SMILES string of the molecule is COC(C)CCOO. The van der Waals surface area contributed by atoms with Crippen molar-refractivity contribution in [2.75, 3.05) is 13.7 Å². The highest BCUT2D eigenvalue weighted by Crippen LogP contribution is 1.93. The molecule has 0 aromatic carbocycles. The smallest absolute Gasteiger partial charge is 0.0844 e. The Morgan fingerprint density at radius 2 is 2.25 bits per heavy atom. The standard InChI is InChI=1S/C5H12O3/c1-5(7-2)3-4-8-6/h5-6H,3-4H2,1-2H3. The molecule has 0 rings (SSSR count). The summed E-state index contributed by atoms with van der Waals surface area (Å²) in [5, 5.41) is 7.86. The van der Waals surface area contributed by atoms with E-state index >= 15 is 0 Å². The minimum atomic E-state index is 0.169. The summed E-state index contributed by atoms with van der Waals surface area (Å²) in [7, 11) is 1.63. The second kappa shape index (κ2) is 5.03. The lowest BCUT2D eigenvalue weighted by Gasteiger charge is -2.05. The van der Waals surface area contributed by atoms with Gasteiger partial charge in [-0.2, -0.15) is 0 Å². The molecule has 3 heteroatoms. The number of rotatable bonds is 4. The lowest BCUT2D eigenvalue weighted by atomic mass is 10.3. The van der Waals surface area contributed by atoms with Crippen LogP contribution in [0.15, 0.2) is 0 Å². The van der Waals surface area contributed by atoms with Gasteiger partial charge in [0.25, 0.3) is 0 Å². The fraction of sp³-hybridized carbons (Fsp3) is 1.00. The molecule has 0 heterocycles. The zero-order valence-electron chi connectivity index (χ0n) is 5.26. The van der Waals surface area contributed by atoms with Gasteiger partial charge in [-0.3, -0.25) is 5.26 Å². The van der Waals surface area contributed by atoms with Gasteiger partial charge in [-0.25, -0.2) is 4.89 Å². The van der Waals surface area contributed by atoms with E-state index in [0.29, 0.717) is 6.61 Å². The molecule has 0 fully saturated rings. The van der Waals surface area contributed by atoms with Crippen LogP contribution in [0.3, 0.4) is 0 Å². The average Bonchev–Trinajstić information content (AvgIpc) is 1.83. The summed E-state index contributed by atoms with van der Waals surface area (Å²) in [5.74, 6) is 0. The lowest BCUT2D eigenvalue weighted by Crippen LogP contribution is -2.07. The van der Waals surface area contributed by atoms with E-state index in [4.69, 9.17) is 9.99 Å². The normalized spacial score (nSPS) is 13.9. The Labute approximate surface area is 49.1 Å². The van der Waals surface area contributed by atoms with E-state index in [1.165, 1.54) is 0 Å². The molecule has 1 unspecified atom stereocenters. The van der Waals surface area contributed by atoms with Gasteiger partial charge in [0.15, 0.2) is 0 Å². The first-order valence-corrected chi connectivity index (χ1v) is 2.60. The van der Waals surface area contributed by atoms with Gasteiger partial charge in [-0.05, 0) is 13.3 Å². The van der Waals surface area contributed by atoms with Gasteiger partial charge in [-0.15, -0.1) is 0 Å². The molecule has 0 amide bonds. The molecule has 0 aromatic rings. The van der Waals surface area contributed by atoms with Crippen LogP contribution in [0.4, 0.5) is 0 Å². The van der Waals surface area contributed by atoms with E-state index in [9.17, 15) is 0 Å². The van der Waals surface area contributed by atoms with Crippen LogP contribution in [-0.4, -0.2) is 25.1 Å². The molecular formula is C5H12O3. The third-order valence-electron chi connectivity index (χ3n) is 1.02. The van der Waals surface area contributed by atoms with Crippen LogP contribution < -0.4 is 0 Å². The van der Waals surface area contributed by atoms with Crippen molar-refractivity contribution in [2.24, 2.45) is 0 Å². The Morgan fingerprint density at radius 3 is 2.62 bits per heavy atom. The summed E-state index contributed by atoms with van der Waals surface area (Å²) in [6, 6.07) is 0. The second-order valence-electron chi connectivity index (χ2n) is 1.67. The summed E-state index contributed by atoms with van der Waals surface area (Å²) < 4.78 is 4.86. The quantitative estimate of drug-likeness (QED) is 0.442. The molecule has 0 saturated heterocycles. The maximum atomic E-state index is 7.86. The van der Waals surface area contributed by atoms with Crippen LogP contribution in [0.25, 0.3) is 0 Å². The van der Waals surface area contributed by atoms with Crippen molar-refractivity contribution >= 4 is 0 Å². The van der Waals surface area contributed by atoms with Crippen LogP contribution in [-0.2, 0) is 9.62 Å². The molecule has 0 bridgehead atoms. The average molecular weight is 120 g/mol. The third kappa shape index (κ3) is 4.05. The predicted octanol–water partition coefficient (Wildman–Crippen LogP) is 0.901. The van der Waals surface area contributed by atoms with E-state index in [0.717, 1.165) is 6.42 Å². The summed E-state index contributed by atoms with van der Waals surface area (Å²) >= 11 is 0. The zero-order valence-corrected chi connectivity index (χ0v) is 5.26. The predicted molar refractivity (Wildman–Crippen MR) is 29.7 cm³/mol. The number of methoxy groups -OCH3 is 1. The first kappa shape index (κ1) is 7.88. The fourth-order valence-corrected chi connectivity index (χ4v) is 0.337. The number of ether oxygens (including phenoxy) is 1. The van der Waals surface area contributed by atoms with Gasteiger partial charge < -0.3 is 4.74 Å². The maximum Gasteiger partial charge on any atom is 0.0844 e. The van der Waals surface area contributed by atoms with Gasteiger partial charge in [0.2, 0.25) is 0 Å². The molecule has 0 saturated carbocycles. The van der Waals surface area contributed by atoms with Gasteiger partial charge in [-0.1, -0.05) is 0 Å². The highest BCUT2D eigenvalue weighted by Gasteiger charge is 1.96. The van der Waals surface area contributed by atoms with E-state index in [1.54, 1.807) is 7.11 Å². The summed E-state index contributed by atoms with van der Waals surface area (Å²) in [5.41, 5.74) is 0. The Morgan fingerprint density at radius 1 is 1.62 bits per heavy atom. The van der Waals surface area contributed by atoms with Crippen LogP contribution in [0, 0.1) is 0 Å². The first-order chi connectivity index (χ1) is 3.81. The van der Waals surface area contributed by atoms with E-state index < -0.39 is 0 Å². The number of hydrogen-bond acceptors (Lipinski definition) is 3. The largest absolute Gasteiger partial charge is 0.382 e. The highest BCUT2D eigenvalue weighted by molar-refractivity contribution is 4.44. The van der Waals surface area contributed by atoms with Crippen LogP contribution in [0.5, 0.6) is 0 Å². The molecule has 0 aliphatic rings.